The zero-order valence-electron chi connectivity index (χ0n) is 11.5. The molecule has 3 rings (SSSR count). The summed E-state index contributed by atoms with van der Waals surface area (Å²) in [7, 11) is -4.07. The maximum Gasteiger partial charge on any atom is 0.348 e. The summed E-state index contributed by atoms with van der Waals surface area (Å²) in [4.78, 5) is 28.7. The number of H-pyrrole nitrogens is 1. The molecule has 0 aliphatic rings. The number of halogens is 1. The predicted molar refractivity (Wildman–Crippen MR) is 86.8 cm³/mol. The van der Waals surface area contributed by atoms with Crippen molar-refractivity contribution in [3.05, 3.63) is 74.4 Å². The Hall–Kier alpha value is -2.58. The maximum atomic E-state index is 12.3. The SMILES string of the molecule is O=c1[nH]c2cc(Cl)ccc2c(=O)n1NS(=O)(=O)c1ccccc1. The molecule has 0 fully saturated rings. The van der Waals surface area contributed by atoms with Crippen LogP contribution in [0.2, 0.25) is 5.02 Å². The number of fused-ring (bicyclic) bond motifs is 1. The van der Waals surface area contributed by atoms with Crippen molar-refractivity contribution in [2.45, 2.75) is 4.90 Å². The molecular formula is C14H10ClN3O4S. The molecule has 9 heteroatoms. The Bertz CT molecular complexity index is 1100. The zero-order chi connectivity index (χ0) is 16.6. The predicted octanol–water partition coefficient (Wildman–Crippen LogP) is 1.28. The number of nitrogens with one attached hydrogen (secondary N) is 2. The average molecular weight is 352 g/mol. The van der Waals surface area contributed by atoms with Crippen LogP contribution in [0.25, 0.3) is 10.9 Å². The molecule has 2 N–H and O–H groups in total. The van der Waals surface area contributed by atoms with Crippen molar-refractivity contribution < 1.29 is 8.42 Å². The van der Waals surface area contributed by atoms with E-state index in [-0.39, 0.29) is 15.8 Å². The molecule has 0 saturated carbocycles. The van der Waals surface area contributed by atoms with E-state index in [2.05, 4.69) is 4.98 Å². The van der Waals surface area contributed by atoms with Gasteiger partial charge in [-0.05, 0) is 30.3 Å². The fraction of sp³-hybridized carbons (Fsp3) is 0. The highest BCUT2D eigenvalue weighted by Crippen LogP contribution is 2.13. The Balaban J connectivity index is 2.16. The molecule has 2 aromatic carbocycles. The number of sulfonamides is 1. The van der Waals surface area contributed by atoms with Crippen molar-refractivity contribution >= 4 is 32.5 Å². The minimum Gasteiger partial charge on any atom is -0.305 e. The quantitative estimate of drug-likeness (QED) is 0.742. The molecule has 0 amide bonds. The molecule has 0 bridgehead atoms. The Kier molecular flexibility index (Phi) is 3.70. The molecule has 0 atom stereocenters. The smallest absolute Gasteiger partial charge is 0.305 e. The Morgan fingerprint density at radius 1 is 1.04 bits per heavy atom. The molecule has 0 aliphatic heterocycles. The van der Waals surface area contributed by atoms with Crippen LogP contribution in [0.1, 0.15) is 0 Å². The van der Waals surface area contributed by atoms with Crippen LogP contribution in [0.15, 0.2) is 63.0 Å². The van der Waals surface area contributed by atoms with Gasteiger partial charge in [-0.25, -0.2) is 9.63 Å². The van der Waals surface area contributed by atoms with E-state index in [0.29, 0.717) is 9.70 Å². The Labute approximate surface area is 135 Å². The van der Waals surface area contributed by atoms with Crippen molar-refractivity contribution in [3.8, 4) is 0 Å². The van der Waals surface area contributed by atoms with E-state index < -0.39 is 21.3 Å². The summed E-state index contributed by atoms with van der Waals surface area (Å²) >= 11 is 5.81. The maximum absolute atomic E-state index is 12.3. The second kappa shape index (κ2) is 5.56. The van der Waals surface area contributed by atoms with Gasteiger partial charge in [0.25, 0.3) is 15.6 Å². The minimum absolute atomic E-state index is 0.0671. The van der Waals surface area contributed by atoms with Gasteiger partial charge in [0.05, 0.1) is 15.8 Å². The molecule has 0 unspecified atom stereocenters. The van der Waals surface area contributed by atoms with E-state index in [4.69, 9.17) is 11.6 Å². The lowest BCUT2D eigenvalue weighted by atomic mass is 10.2. The fourth-order valence-electron chi connectivity index (χ4n) is 2.05. The standard InChI is InChI=1S/C14H10ClN3O4S/c15-9-6-7-11-12(8-9)16-14(20)18(13(11)19)17-23(21,22)10-4-2-1-3-5-10/h1-8,17H,(H,16,20). The first-order chi connectivity index (χ1) is 10.9. The van der Waals surface area contributed by atoms with E-state index in [1.165, 1.54) is 42.5 Å². The monoisotopic (exact) mass is 351 g/mol. The van der Waals surface area contributed by atoms with Crippen molar-refractivity contribution in [3.63, 3.8) is 0 Å². The van der Waals surface area contributed by atoms with Crippen molar-refractivity contribution in [2.24, 2.45) is 0 Å². The average Bonchev–Trinajstić information content (AvgIpc) is 2.52. The molecule has 7 nitrogen and oxygen atoms in total. The van der Waals surface area contributed by atoms with Gasteiger partial charge in [0, 0.05) is 5.02 Å². The van der Waals surface area contributed by atoms with Gasteiger partial charge in [0.2, 0.25) is 0 Å². The summed E-state index contributed by atoms with van der Waals surface area (Å²) in [6.07, 6.45) is 0. The van der Waals surface area contributed by atoms with Crippen LogP contribution in [0.3, 0.4) is 0 Å². The van der Waals surface area contributed by atoms with Crippen LogP contribution in [-0.2, 0) is 10.0 Å². The van der Waals surface area contributed by atoms with Gasteiger partial charge in [-0.1, -0.05) is 29.8 Å². The molecule has 3 aromatic rings. The molecule has 0 radical (unpaired) electrons. The summed E-state index contributed by atoms with van der Waals surface area (Å²) < 4.78 is 24.9. The summed E-state index contributed by atoms with van der Waals surface area (Å²) in [5.41, 5.74) is -1.48. The minimum atomic E-state index is -4.07. The first-order valence-corrected chi connectivity index (χ1v) is 8.27. The Morgan fingerprint density at radius 3 is 2.43 bits per heavy atom. The van der Waals surface area contributed by atoms with Gasteiger partial charge in [-0.3, -0.25) is 4.79 Å². The second-order valence-corrected chi connectivity index (χ2v) is 6.77. The highest BCUT2D eigenvalue weighted by molar-refractivity contribution is 7.92. The highest BCUT2D eigenvalue weighted by atomic mass is 35.5. The molecule has 0 saturated heterocycles. The van der Waals surface area contributed by atoms with Gasteiger partial charge in [-0.15, -0.1) is 0 Å². The van der Waals surface area contributed by atoms with Crippen LogP contribution < -0.4 is 16.1 Å². The van der Waals surface area contributed by atoms with Crippen LogP contribution in [0.4, 0.5) is 0 Å². The van der Waals surface area contributed by atoms with E-state index in [9.17, 15) is 18.0 Å². The number of benzene rings is 2. The van der Waals surface area contributed by atoms with Crippen LogP contribution in [-0.4, -0.2) is 18.1 Å². The lowest BCUT2D eigenvalue weighted by Crippen LogP contribution is -2.43. The number of hydrogen-bond acceptors (Lipinski definition) is 4. The molecule has 1 aromatic heterocycles. The fourth-order valence-corrected chi connectivity index (χ4v) is 3.24. The number of aromatic amines is 1. The van der Waals surface area contributed by atoms with Crippen molar-refractivity contribution in [1.82, 2.24) is 9.66 Å². The topological polar surface area (TPSA) is 101 Å². The molecule has 1 heterocycles. The third-order valence-electron chi connectivity index (χ3n) is 3.12. The van der Waals surface area contributed by atoms with E-state index in [1.54, 1.807) is 6.07 Å². The number of aromatic nitrogens is 2. The van der Waals surface area contributed by atoms with Crippen molar-refractivity contribution in [2.75, 3.05) is 4.83 Å². The van der Waals surface area contributed by atoms with E-state index in [1.807, 2.05) is 4.83 Å². The third-order valence-corrected chi connectivity index (χ3v) is 4.68. The molecule has 23 heavy (non-hydrogen) atoms. The first-order valence-electron chi connectivity index (χ1n) is 6.41. The van der Waals surface area contributed by atoms with Gasteiger partial charge < -0.3 is 4.98 Å². The van der Waals surface area contributed by atoms with Crippen molar-refractivity contribution in [1.29, 1.82) is 0 Å². The molecule has 0 aliphatic carbocycles. The van der Waals surface area contributed by atoms with E-state index >= 15 is 0 Å². The normalized spacial score (nSPS) is 11.5. The summed E-state index contributed by atoms with van der Waals surface area (Å²) in [6, 6.07) is 11.7. The van der Waals surface area contributed by atoms with Crippen LogP contribution >= 0.6 is 11.6 Å². The van der Waals surface area contributed by atoms with Crippen LogP contribution in [0, 0.1) is 0 Å². The zero-order valence-corrected chi connectivity index (χ0v) is 13.1. The summed E-state index contributed by atoms with van der Waals surface area (Å²) in [5.74, 6) is 0. The molecular weight excluding hydrogens is 342 g/mol. The van der Waals surface area contributed by atoms with Gasteiger partial charge in [0.1, 0.15) is 0 Å². The lowest BCUT2D eigenvalue weighted by molar-refractivity contribution is 0.593. The summed E-state index contributed by atoms with van der Waals surface area (Å²) in [5, 5.41) is 0.472. The largest absolute Gasteiger partial charge is 0.348 e. The van der Waals surface area contributed by atoms with Gasteiger partial charge in [0.15, 0.2) is 0 Å². The first kappa shape index (κ1) is 15.3. The Morgan fingerprint density at radius 2 is 1.74 bits per heavy atom. The summed E-state index contributed by atoms with van der Waals surface area (Å²) in [6.45, 7) is 0. The second-order valence-electron chi connectivity index (χ2n) is 4.67. The van der Waals surface area contributed by atoms with E-state index in [0.717, 1.165) is 0 Å². The molecule has 0 spiro atoms. The van der Waals surface area contributed by atoms with Crippen LogP contribution in [0.5, 0.6) is 0 Å². The number of nitrogens with zero attached hydrogens (tertiary/aromatic N) is 1. The van der Waals surface area contributed by atoms with Gasteiger partial charge >= 0.3 is 5.69 Å². The number of rotatable bonds is 3. The van der Waals surface area contributed by atoms with Gasteiger partial charge in [-0.2, -0.15) is 13.1 Å². The molecule has 118 valence electrons. The number of hydrogen-bond donors (Lipinski definition) is 2. The highest BCUT2D eigenvalue weighted by Gasteiger charge is 2.17. The third kappa shape index (κ3) is 2.86. The lowest BCUT2D eigenvalue weighted by Gasteiger charge is -2.10.